The minimum Gasteiger partial charge on any atom is -0.314 e. The molecule has 0 spiro atoms. The van der Waals surface area contributed by atoms with Crippen molar-refractivity contribution in [3.05, 3.63) is 42.2 Å². The van der Waals surface area contributed by atoms with E-state index in [1.165, 1.54) is 11.3 Å². The first-order valence-electron chi connectivity index (χ1n) is 4.96. The molecule has 0 aliphatic carbocycles. The van der Waals surface area contributed by atoms with Gasteiger partial charge < -0.3 is 4.57 Å². The maximum absolute atomic E-state index is 4.47. The normalized spacial score (nSPS) is 10.6. The second-order valence-corrected chi connectivity index (χ2v) is 4.21. The molecule has 0 radical (unpaired) electrons. The Balaban J connectivity index is 1.84. The van der Waals surface area contributed by atoms with Gasteiger partial charge in [0, 0.05) is 17.8 Å². The third-order valence-corrected chi connectivity index (χ3v) is 3.01. The van der Waals surface area contributed by atoms with Crippen molar-refractivity contribution in [1.82, 2.24) is 29.7 Å². The molecule has 0 saturated carbocycles. The maximum Gasteiger partial charge on any atom is 0.188 e. The Morgan fingerprint density at radius 2 is 1.88 bits per heavy atom. The van der Waals surface area contributed by atoms with Crippen LogP contribution in [0.1, 0.15) is 5.69 Å². The van der Waals surface area contributed by atoms with Crippen LogP contribution in [0.25, 0.3) is 10.8 Å². The highest BCUT2D eigenvalue weighted by Crippen LogP contribution is 2.19. The van der Waals surface area contributed by atoms with Crippen molar-refractivity contribution in [2.24, 2.45) is 0 Å². The molecule has 3 rings (SSSR count). The van der Waals surface area contributed by atoms with Crippen LogP contribution >= 0.6 is 11.3 Å². The predicted molar refractivity (Wildman–Crippen MR) is 62.3 cm³/mol. The van der Waals surface area contributed by atoms with Gasteiger partial charge in [-0.05, 0) is 6.07 Å². The molecule has 0 unspecified atom stereocenters. The molecule has 0 atom stereocenters. The average molecular weight is 244 g/mol. The molecule has 0 aromatic carbocycles. The molecule has 0 aliphatic heterocycles. The molecule has 0 N–H and O–H groups in total. The molecule has 7 heteroatoms. The molecular weight excluding hydrogens is 236 g/mol. The number of nitrogens with zero attached hydrogens (tertiary/aromatic N) is 6. The molecule has 6 nitrogen and oxygen atoms in total. The fraction of sp³-hybridized carbons (Fsp3) is 0.100. The summed E-state index contributed by atoms with van der Waals surface area (Å²) in [5, 5.41) is 10.3. The van der Waals surface area contributed by atoms with Crippen LogP contribution in [-0.2, 0) is 6.54 Å². The Kier molecular flexibility index (Phi) is 2.59. The molecule has 0 aliphatic rings. The van der Waals surface area contributed by atoms with Crippen LogP contribution < -0.4 is 0 Å². The highest BCUT2D eigenvalue weighted by atomic mass is 32.1. The summed E-state index contributed by atoms with van der Waals surface area (Å²) in [4.78, 5) is 12.8. The van der Waals surface area contributed by atoms with Gasteiger partial charge in [-0.1, -0.05) is 0 Å². The van der Waals surface area contributed by atoms with E-state index < -0.39 is 0 Å². The number of hydrogen-bond acceptors (Lipinski definition) is 6. The predicted octanol–water partition coefficient (Wildman–Crippen LogP) is 1.24. The molecule has 0 saturated heterocycles. The molecule has 3 heterocycles. The van der Waals surface area contributed by atoms with E-state index >= 15 is 0 Å². The first kappa shape index (κ1) is 10.0. The Morgan fingerprint density at radius 1 is 1.12 bits per heavy atom. The molecule has 0 fully saturated rings. The number of thiazole rings is 1. The SMILES string of the molecule is c1cnc(-c2nc(Cn3cnnc3)cs2)nc1. The van der Waals surface area contributed by atoms with Crippen molar-refractivity contribution in [3.63, 3.8) is 0 Å². The van der Waals surface area contributed by atoms with Crippen LogP contribution in [0.5, 0.6) is 0 Å². The van der Waals surface area contributed by atoms with Gasteiger partial charge in [0.15, 0.2) is 10.8 Å². The molecule has 3 aromatic rings. The standard InChI is InChI=1S/C10H8N6S/c1-2-11-9(12-3-1)10-15-8(5-17-10)4-16-6-13-14-7-16/h1-3,5-7H,4H2. The zero-order valence-electron chi connectivity index (χ0n) is 8.76. The second-order valence-electron chi connectivity index (χ2n) is 3.35. The monoisotopic (exact) mass is 244 g/mol. The van der Waals surface area contributed by atoms with Crippen molar-refractivity contribution in [2.75, 3.05) is 0 Å². The van der Waals surface area contributed by atoms with Crippen LogP contribution in [-0.4, -0.2) is 29.7 Å². The summed E-state index contributed by atoms with van der Waals surface area (Å²) >= 11 is 1.53. The molecular formula is C10H8N6S. The van der Waals surface area contributed by atoms with Gasteiger partial charge >= 0.3 is 0 Å². The van der Waals surface area contributed by atoms with Crippen molar-refractivity contribution in [3.8, 4) is 10.8 Å². The lowest BCUT2D eigenvalue weighted by atomic mass is 10.5. The van der Waals surface area contributed by atoms with E-state index in [2.05, 4.69) is 25.1 Å². The average Bonchev–Trinajstić information content (AvgIpc) is 3.02. The molecule has 0 bridgehead atoms. The summed E-state index contributed by atoms with van der Waals surface area (Å²) < 4.78 is 1.87. The minimum atomic E-state index is 0.660. The van der Waals surface area contributed by atoms with Crippen molar-refractivity contribution >= 4 is 11.3 Å². The topological polar surface area (TPSA) is 69.4 Å². The molecule has 17 heavy (non-hydrogen) atoms. The van der Waals surface area contributed by atoms with E-state index in [1.807, 2.05) is 9.95 Å². The van der Waals surface area contributed by atoms with E-state index in [-0.39, 0.29) is 0 Å². The number of hydrogen-bond donors (Lipinski definition) is 0. The van der Waals surface area contributed by atoms with Gasteiger partial charge in [-0.3, -0.25) is 0 Å². The van der Waals surface area contributed by atoms with Crippen LogP contribution in [0.4, 0.5) is 0 Å². The van der Waals surface area contributed by atoms with Gasteiger partial charge in [0.05, 0.1) is 12.2 Å². The number of aromatic nitrogens is 6. The van der Waals surface area contributed by atoms with Crippen molar-refractivity contribution in [2.45, 2.75) is 6.54 Å². The first-order chi connectivity index (χ1) is 8.42. The number of rotatable bonds is 3. The van der Waals surface area contributed by atoms with E-state index in [4.69, 9.17) is 0 Å². The Hall–Kier alpha value is -2.15. The lowest BCUT2D eigenvalue weighted by Crippen LogP contribution is -1.96. The zero-order chi connectivity index (χ0) is 11.5. The highest BCUT2D eigenvalue weighted by molar-refractivity contribution is 7.13. The highest BCUT2D eigenvalue weighted by Gasteiger charge is 2.06. The molecule has 84 valence electrons. The first-order valence-corrected chi connectivity index (χ1v) is 5.84. The fourth-order valence-electron chi connectivity index (χ4n) is 1.38. The van der Waals surface area contributed by atoms with E-state index in [0.29, 0.717) is 12.4 Å². The molecule has 0 amide bonds. The fourth-order valence-corrected chi connectivity index (χ4v) is 2.14. The summed E-state index contributed by atoms with van der Waals surface area (Å²) in [7, 11) is 0. The van der Waals surface area contributed by atoms with E-state index in [0.717, 1.165) is 10.7 Å². The van der Waals surface area contributed by atoms with Gasteiger partial charge in [0.2, 0.25) is 0 Å². The summed E-state index contributed by atoms with van der Waals surface area (Å²) in [6.45, 7) is 0.663. The smallest absolute Gasteiger partial charge is 0.188 e. The van der Waals surface area contributed by atoms with Gasteiger partial charge in [-0.2, -0.15) is 0 Å². The third-order valence-electron chi connectivity index (χ3n) is 2.12. The summed E-state index contributed by atoms with van der Waals surface area (Å²) in [6.07, 6.45) is 6.75. The van der Waals surface area contributed by atoms with Crippen LogP contribution in [0.15, 0.2) is 36.5 Å². The third kappa shape index (κ3) is 2.18. The van der Waals surface area contributed by atoms with Crippen molar-refractivity contribution in [1.29, 1.82) is 0 Å². The quantitative estimate of drug-likeness (QED) is 0.693. The molecule has 3 aromatic heterocycles. The van der Waals surface area contributed by atoms with Gasteiger partial charge in [0.25, 0.3) is 0 Å². The summed E-state index contributed by atoms with van der Waals surface area (Å²) in [5.74, 6) is 0.660. The lowest BCUT2D eigenvalue weighted by Gasteiger charge is -1.95. The van der Waals surface area contributed by atoms with Gasteiger partial charge in [-0.15, -0.1) is 21.5 Å². The van der Waals surface area contributed by atoms with E-state index in [9.17, 15) is 0 Å². The minimum absolute atomic E-state index is 0.660. The Bertz CT molecular complexity index is 588. The summed E-state index contributed by atoms with van der Waals surface area (Å²) in [5.41, 5.74) is 0.956. The van der Waals surface area contributed by atoms with Gasteiger partial charge in [-0.25, -0.2) is 15.0 Å². The van der Waals surface area contributed by atoms with Crippen LogP contribution in [0, 0.1) is 0 Å². The van der Waals surface area contributed by atoms with Gasteiger partial charge in [0.1, 0.15) is 12.7 Å². The summed E-state index contributed by atoms with van der Waals surface area (Å²) in [6, 6.07) is 1.79. The Labute approximate surface area is 101 Å². The maximum atomic E-state index is 4.47. The second kappa shape index (κ2) is 4.38. The van der Waals surface area contributed by atoms with Crippen LogP contribution in [0.3, 0.4) is 0 Å². The lowest BCUT2D eigenvalue weighted by molar-refractivity contribution is 0.776. The van der Waals surface area contributed by atoms with E-state index in [1.54, 1.807) is 31.1 Å². The van der Waals surface area contributed by atoms with Crippen molar-refractivity contribution < 1.29 is 0 Å². The van der Waals surface area contributed by atoms with Crippen LogP contribution in [0.2, 0.25) is 0 Å². The largest absolute Gasteiger partial charge is 0.314 e. The Morgan fingerprint density at radius 3 is 2.65 bits per heavy atom. The zero-order valence-corrected chi connectivity index (χ0v) is 9.58.